The first kappa shape index (κ1) is 17.9. The summed E-state index contributed by atoms with van der Waals surface area (Å²) in [6.07, 6.45) is 0. The highest BCUT2D eigenvalue weighted by atomic mass is 32.2. The molecule has 0 saturated heterocycles. The van der Waals surface area contributed by atoms with Crippen molar-refractivity contribution in [1.29, 1.82) is 0 Å². The van der Waals surface area contributed by atoms with Crippen LogP contribution < -0.4 is 0 Å². The minimum Gasteiger partial charge on any atom is -0.420 e. The van der Waals surface area contributed by atoms with Crippen LogP contribution in [0.2, 0.25) is 0 Å². The van der Waals surface area contributed by atoms with Gasteiger partial charge in [0.2, 0.25) is 17.7 Å². The third-order valence-electron chi connectivity index (χ3n) is 3.76. The van der Waals surface area contributed by atoms with Crippen LogP contribution in [0.3, 0.4) is 0 Å². The highest BCUT2D eigenvalue weighted by molar-refractivity contribution is 7.98. The number of hydrogen-bond acceptors (Lipinski definition) is 9. The maximum absolute atomic E-state index is 10.9. The number of nitrogens with zero attached hydrogens (tertiary/aromatic N) is 5. The molecule has 4 rings (SSSR count). The van der Waals surface area contributed by atoms with Crippen LogP contribution in [0.4, 0.5) is 5.69 Å². The van der Waals surface area contributed by atoms with Crippen LogP contribution in [0, 0.1) is 17.0 Å². The van der Waals surface area contributed by atoms with Crippen LogP contribution in [0.15, 0.2) is 62.6 Å². The zero-order valence-electron chi connectivity index (χ0n) is 14.6. The summed E-state index contributed by atoms with van der Waals surface area (Å²) in [6.45, 7) is 1.99. The topological polar surface area (TPSA) is 121 Å². The maximum atomic E-state index is 10.9. The van der Waals surface area contributed by atoms with E-state index < -0.39 is 4.92 Å². The molecule has 0 spiro atoms. The highest BCUT2D eigenvalue weighted by Gasteiger charge is 2.15. The molecular formula is C18H13N5O4S. The summed E-state index contributed by atoms with van der Waals surface area (Å²) in [5, 5.41) is 27.2. The van der Waals surface area contributed by atoms with Crippen molar-refractivity contribution < 1.29 is 13.8 Å². The molecule has 0 saturated carbocycles. The standard InChI is InChI=1S/C18H13N5O4S/c1-11-4-2-5-12(8-11)16-20-19-15(26-16)10-28-18-22-21-17(27-18)13-6-3-7-14(9-13)23(24)25/h2-9H,10H2,1H3. The van der Waals surface area contributed by atoms with Gasteiger partial charge in [-0.2, -0.15) is 0 Å². The lowest BCUT2D eigenvalue weighted by atomic mass is 10.1. The molecule has 2 aromatic carbocycles. The zero-order chi connectivity index (χ0) is 19.5. The van der Waals surface area contributed by atoms with E-state index in [0.29, 0.717) is 28.3 Å². The molecule has 0 radical (unpaired) electrons. The Bertz CT molecular complexity index is 1140. The fraction of sp³-hybridized carbons (Fsp3) is 0.111. The van der Waals surface area contributed by atoms with Crippen molar-refractivity contribution in [3.8, 4) is 22.9 Å². The van der Waals surface area contributed by atoms with E-state index in [4.69, 9.17) is 8.83 Å². The first-order valence-electron chi connectivity index (χ1n) is 8.19. The van der Waals surface area contributed by atoms with Gasteiger partial charge in [0.15, 0.2) is 0 Å². The Labute approximate surface area is 163 Å². The van der Waals surface area contributed by atoms with Crippen LogP contribution >= 0.6 is 11.8 Å². The molecule has 10 heteroatoms. The molecular weight excluding hydrogens is 382 g/mol. The summed E-state index contributed by atoms with van der Waals surface area (Å²) < 4.78 is 11.2. The number of non-ortho nitro benzene ring substituents is 1. The third kappa shape index (κ3) is 3.91. The van der Waals surface area contributed by atoms with E-state index in [-0.39, 0.29) is 11.6 Å². The minimum atomic E-state index is -0.475. The number of rotatable bonds is 6. The molecule has 28 heavy (non-hydrogen) atoms. The molecule has 0 aliphatic rings. The lowest BCUT2D eigenvalue weighted by Gasteiger charge is -1.96. The number of benzene rings is 2. The Morgan fingerprint density at radius 2 is 1.68 bits per heavy atom. The fourth-order valence-electron chi connectivity index (χ4n) is 2.47. The number of hydrogen-bond donors (Lipinski definition) is 0. The van der Waals surface area contributed by atoms with E-state index in [1.165, 1.54) is 23.9 Å². The molecule has 0 aliphatic heterocycles. The van der Waals surface area contributed by atoms with Crippen LogP contribution in [-0.2, 0) is 5.75 Å². The summed E-state index contributed by atoms with van der Waals surface area (Å²) in [6, 6.07) is 13.8. The molecule has 0 amide bonds. The molecule has 0 N–H and O–H groups in total. The van der Waals surface area contributed by atoms with Crippen LogP contribution in [-0.4, -0.2) is 25.3 Å². The first-order valence-corrected chi connectivity index (χ1v) is 9.17. The second-order valence-corrected chi connectivity index (χ2v) is 6.77. The highest BCUT2D eigenvalue weighted by Crippen LogP contribution is 2.28. The SMILES string of the molecule is Cc1cccc(-c2nnc(CSc3nnc(-c4cccc([N+](=O)[O-])c4)o3)o2)c1. The Hall–Kier alpha value is -3.53. The van der Waals surface area contributed by atoms with Gasteiger partial charge in [-0.05, 0) is 25.1 Å². The van der Waals surface area contributed by atoms with E-state index >= 15 is 0 Å². The van der Waals surface area contributed by atoms with Gasteiger partial charge in [-0.3, -0.25) is 10.1 Å². The molecule has 2 aromatic heterocycles. The number of nitro groups is 1. The first-order chi connectivity index (χ1) is 13.6. The van der Waals surface area contributed by atoms with Gasteiger partial charge in [0.25, 0.3) is 10.9 Å². The Morgan fingerprint density at radius 1 is 0.964 bits per heavy atom. The number of nitro benzene ring substituents is 1. The van der Waals surface area contributed by atoms with E-state index in [9.17, 15) is 10.1 Å². The van der Waals surface area contributed by atoms with Crippen molar-refractivity contribution in [3.05, 3.63) is 70.1 Å². The predicted molar refractivity (Wildman–Crippen MR) is 100 cm³/mol. The third-order valence-corrected chi connectivity index (χ3v) is 4.56. The average molecular weight is 395 g/mol. The van der Waals surface area contributed by atoms with Gasteiger partial charge in [0.1, 0.15) is 0 Å². The van der Waals surface area contributed by atoms with E-state index in [2.05, 4.69) is 20.4 Å². The molecule has 0 bridgehead atoms. The van der Waals surface area contributed by atoms with Gasteiger partial charge in [-0.1, -0.05) is 35.5 Å². The van der Waals surface area contributed by atoms with Crippen molar-refractivity contribution in [2.24, 2.45) is 0 Å². The normalized spacial score (nSPS) is 10.9. The van der Waals surface area contributed by atoms with Gasteiger partial charge < -0.3 is 8.83 Å². The summed E-state index contributed by atoms with van der Waals surface area (Å²) in [7, 11) is 0. The van der Waals surface area contributed by atoms with Crippen molar-refractivity contribution in [1.82, 2.24) is 20.4 Å². The Kier molecular flexibility index (Phi) is 4.85. The smallest absolute Gasteiger partial charge is 0.277 e. The van der Waals surface area contributed by atoms with E-state index in [0.717, 1.165) is 11.1 Å². The van der Waals surface area contributed by atoms with Crippen molar-refractivity contribution in [2.45, 2.75) is 17.9 Å². The molecule has 2 heterocycles. The van der Waals surface area contributed by atoms with Gasteiger partial charge in [0.05, 0.1) is 10.7 Å². The monoisotopic (exact) mass is 395 g/mol. The van der Waals surface area contributed by atoms with Crippen molar-refractivity contribution >= 4 is 17.4 Å². The molecule has 0 atom stereocenters. The van der Waals surface area contributed by atoms with E-state index in [1.54, 1.807) is 12.1 Å². The summed E-state index contributed by atoms with van der Waals surface area (Å²) >= 11 is 1.24. The summed E-state index contributed by atoms with van der Waals surface area (Å²) in [5.41, 5.74) is 2.40. The van der Waals surface area contributed by atoms with E-state index in [1.807, 2.05) is 31.2 Å². The second-order valence-electron chi connectivity index (χ2n) is 5.84. The summed E-state index contributed by atoms with van der Waals surface area (Å²) in [5.74, 6) is 1.44. The Morgan fingerprint density at radius 3 is 2.46 bits per heavy atom. The largest absolute Gasteiger partial charge is 0.420 e. The number of aromatic nitrogens is 4. The minimum absolute atomic E-state index is 0.0422. The van der Waals surface area contributed by atoms with Crippen molar-refractivity contribution in [2.75, 3.05) is 0 Å². The molecule has 4 aromatic rings. The van der Waals surface area contributed by atoms with Gasteiger partial charge in [-0.25, -0.2) is 0 Å². The van der Waals surface area contributed by atoms with Gasteiger partial charge in [0, 0.05) is 23.3 Å². The van der Waals surface area contributed by atoms with Crippen LogP contribution in [0.25, 0.3) is 22.9 Å². The lowest BCUT2D eigenvalue weighted by Crippen LogP contribution is -1.88. The predicted octanol–water partition coefficient (Wildman–Crippen LogP) is 4.30. The lowest BCUT2D eigenvalue weighted by molar-refractivity contribution is -0.384. The zero-order valence-corrected chi connectivity index (χ0v) is 15.4. The Balaban J connectivity index is 1.44. The number of aryl methyl sites for hydroxylation is 1. The second kappa shape index (κ2) is 7.61. The summed E-state index contributed by atoms with van der Waals surface area (Å²) in [4.78, 5) is 10.4. The van der Waals surface area contributed by atoms with Crippen LogP contribution in [0.5, 0.6) is 0 Å². The number of thioether (sulfide) groups is 1. The van der Waals surface area contributed by atoms with Gasteiger partial charge >= 0.3 is 0 Å². The quantitative estimate of drug-likeness (QED) is 0.267. The molecule has 0 aliphatic carbocycles. The fourth-order valence-corrected chi connectivity index (χ4v) is 3.07. The molecule has 0 unspecified atom stereocenters. The van der Waals surface area contributed by atoms with Crippen LogP contribution in [0.1, 0.15) is 11.5 Å². The average Bonchev–Trinajstić information content (AvgIpc) is 3.36. The molecule has 9 nitrogen and oxygen atoms in total. The maximum Gasteiger partial charge on any atom is 0.277 e. The molecule has 140 valence electrons. The molecule has 0 fully saturated rings. The van der Waals surface area contributed by atoms with Gasteiger partial charge in [-0.15, -0.1) is 20.4 Å². The van der Waals surface area contributed by atoms with Crippen molar-refractivity contribution in [3.63, 3.8) is 0 Å².